The van der Waals surface area contributed by atoms with Crippen LogP contribution in [0.15, 0.2) is 59.3 Å². The Balaban J connectivity index is 0.00000231. The Morgan fingerprint density at radius 3 is 2.61 bits per heavy atom. The number of hydrogen-bond donors (Lipinski definition) is 0. The van der Waals surface area contributed by atoms with Gasteiger partial charge in [0.25, 0.3) is 6.01 Å². The smallest absolute Gasteiger partial charge is 0.298 e. The van der Waals surface area contributed by atoms with Crippen LogP contribution in [-0.2, 0) is 0 Å². The highest BCUT2D eigenvalue weighted by atomic mass is 32.1. The molecule has 9 heteroatoms. The summed E-state index contributed by atoms with van der Waals surface area (Å²) in [6, 6.07) is 14.8. The summed E-state index contributed by atoms with van der Waals surface area (Å²) in [5, 5.41) is 8.59. The molecule has 1 saturated heterocycles. The highest BCUT2D eigenvalue weighted by Crippen LogP contribution is 2.24. The van der Waals surface area contributed by atoms with Crippen molar-refractivity contribution < 1.29 is 4.42 Å². The third-order valence-corrected chi connectivity index (χ3v) is 5.83. The zero-order valence-electron chi connectivity index (χ0n) is 17.2. The molecule has 0 spiro atoms. The summed E-state index contributed by atoms with van der Waals surface area (Å²) in [4.78, 5) is 11.6. The summed E-state index contributed by atoms with van der Waals surface area (Å²) < 4.78 is 5.97. The molecule has 3 heterocycles. The zero-order valence-corrected chi connectivity index (χ0v) is 19.0. The van der Waals surface area contributed by atoms with E-state index < -0.39 is 0 Å². The number of anilines is 1. The van der Waals surface area contributed by atoms with E-state index in [0.717, 1.165) is 65.5 Å². The Morgan fingerprint density at radius 2 is 1.81 bits per heavy atom. The molecule has 0 bridgehead atoms. The molecule has 31 heavy (non-hydrogen) atoms. The van der Waals surface area contributed by atoms with Crippen molar-refractivity contribution in [2.24, 2.45) is 0 Å². The van der Waals surface area contributed by atoms with Crippen molar-refractivity contribution in [1.82, 2.24) is 24.9 Å². The molecule has 0 unspecified atom stereocenters. The van der Waals surface area contributed by atoms with Gasteiger partial charge in [0.2, 0.25) is 0 Å². The van der Waals surface area contributed by atoms with Gasteiger partial charge in [-0.1, -0.05) is 36.0 Å². The molecule has 0 N–H and O–H groups in total. The summed E-state index contributed by atoms with van der Waals surface area (Å²) >= 11 is 5.93. The highest BCUT2D eigenvalue weighted by molar-refractivity contribution is 7.80. The van der Waals surface area contributed by atoms with Crippen LogP contribution in [0.2, 0.25) is 0 Å². The second kappa shape index (κ2) is 9.07. The van der Waals surface area contributed by atoms with Gasteiger partial charge in [-0.25, -0.2) is 0 Å². The number of oxazole rings is 1. The number of aromatic nitrogens is 4. The lowest BCUT2D eigenvalue weighted by Gasteiger charge is -2.25. The summed E-state index contributed by atoms with van der Waals surface area (Å²) in [6.07, 6.45) is 4.33. The number of para-hydroxylation sites is 2. The molecule has 1 fully saturated rings. The fraction of sp³-hybridized carbons (Fsp3) is 0.273. The average Bonchev–Trinajstić information content (AvgIpc) is 3.38. The van der Waals surface area contributed by atoms with Gasteiger partial charge >= 0.3 is 0 Å². The van der Waals surface area contributed by atoms with Crippen LogP contribution < -0.4 is 4.90 Å². The van der Waals surface area contributed by atoms with E-state index in [1.54, 1.807) is 17.2 Å². The van der Waals surface area contributed by atoms with E-state index in [-0.39, 0.29) is 13.5 Å². The van der Waals surface area contributed by atoms with Crippen LogP contribution in [0.4, 0.5) is 6.01 Å². The molecule has 0 amide bonds. The molecular formula is C22H24N6OS2. The normalized spacial score (nSPS) is 14.4. The van der Waals surface area contributed by atoms with Crippen LogP contribution in [-0.4, -0.2) is 56.0 Å². The molecule has 2 aromatic heterocycles. The lowest BCUT2D eigenvalue weighted by Crippen LogP contribution is -2.35. The number of nitrogens with zero attached hydrogens (tertiary/aromatic N) is 6. The molecule has 0 atom stereocenters. The van der Waals surface area contributed by atoms with Gasteiger partial charge in [0, 0.05) is 31.7 Å². The van der Waals surface area contributed by atoms with E-state index in [2.05, 4.69) is 44.0 Å². The van der Waals surface area contributed by atoms with Crippen molar-refractivity contribution in [3.05, 3.63) is 66.0 Å². The summed E-state index contributed by atoms with van der Waals surface area (Å²) in [5.41, 5.74) is 4.75. The first-order valence-electron chi connectivity index (χ1n) is 10.1. The van der Waals surface area contributed by atoms with Crippen LogP contribution in [0.3, 0.4) is 0 Å². The monoisotopic (exact) mass is 452 g/mol. The van der Waals surface area contributed by atoms with Crippen LogP contribution in [0.25, 0.3) is 16.8 Å². The topological polar surface area (TPSA) is 63.2 Å². The van der Waals surface area contributed by atoms with E-state index in [9.17, 15) is 0 Å². The maximum Gasteiger partial charge on any atom is 0.298 e. The van der Waals surface area contributed by atoms with Crippen LogP contribution in [0.5, 0.6) is 0 Å². The van der Waals surface area contributed by atoms with Gasteiger partial charge in [-0.15, -0.1) is 0 Å². The number of hydrogen-bond acceptors (Lipinski definition) is 6. The Morgan fingerprint density at radius 1 is 1.00 bits per heavy atom. The van der Waals surface area contributed by atoms with Crippen LogP contribution in [0.1, 0.15) is 17.5 Å². The van der Waals surface area contributed by atoms with Crippen molar-refractivity contribution >= 4 is 47.8 Å². The average molecular weight is 453 g/mol. The lowest BCUT2D eigenvalue weighted by molar-refractivity contribution is 0.455. The van der Waals surface area contributed by atoms with Crippen molar-refractivity contribution in [2.45, 2.75) is 13.3 Å². The van der Waals surface area contributed by atoms with E-state index in [0.29, 0.717) is 6.01 Å². The molecule has 5 rings (SSSR count). The van der Waals surface area contributed by atoms with E-state index in [1.807, 2.05) is 30.3 Å². The summed E-state index contributed by atoms with van der Waals surface area (Å²) in [6.45, 7) is 5.44. The number of thiocarbonyl (C=S) groups is 1. The quantitative estimate of drug-likeness (QED) is 0.439. The zero-order chi connectivity index (χ0) is 20.5. The minimum Gasteiger partial charge on any atom is -0.423 e. The maximum absolute atomic E-state index is 5.97. The largest absolute Gasteiger partial charge is 0.423 e. The van der Waals surface area contributed by atoms with E-state index >= 15 is 0 Å². The molecule has 0 radical (unpaired) electrons. The summed E-state index contributed by atoms with van der Waals surface area (Å²) in [5.74, 6) is 0. The van der Waals surface area contributed by atoms with Crippen molar-refractivity contribution in [3.63, 3.8) is 0 Å². The second-order valence-electron chi connectivity index (χ2n) is 7.44. The third kappa shape index (κ3) is 4.28. The van der Waals surface area contributed by atoms with Gasteiger partial charge in [-0.3, -0.25) is 0 Å². The van der Waals surface area contributed by atoms with Gasteiger partial charge < -0.3 is 14.2 Å². The van der Waals surface area contributed by atoms with Crippen molar-refractivity contribution in [3.8, 4) is 5.69 Å². The minimum atomic E-state index is 0. The Labute approximate surface area is 193 Å². The Hall–Kier alpha value is -2.91. The lowest BCUT2D eigenvalue weighted by atomic mass is 10.1. The molecule has 1 aliphatic heterocycles. The Kier molecular flexibility index (Phi) is 6.24. The molecule has 0 aliphatic carbocycles. The van der Waals surface area contributed by atoms with Crippen molar-refractivity contribution in [2.75, 3.05) is 31.1 Å². The highest BCUT2D eigenvalue weighted by Gasteiger charge is 2.23. The van der Waals surface area contributed by atoms with Crippen LogP contribution >= 0.6 is 25.7 Å². The number of fused-ring (bicyclic) bond motifs is 1. The Bertz CT molecular complexity index is 1160. The third-order valence-electron chi connectivity index (χ3n) is 5.35. The molecule has 7 nitrogen and oxygen atoms in total. The minimum absolute atomic E-state index is 0. The van der Waals surface area contributed by atoms with Crippen LogP contribution in [0, 0.1) is 6.92 Å². The predicted molar refractivity (Wildman–Crippen MR) is 131 cm³/mol. The second-order valence-corrected chi connectivity index (χ2v) is 7.82. The first-order valence-corrected chi connectivity index (χ1v) is 10.5. The first kappa shape index (κ1) is 21.3. The SMILES string of the molecule is Cc1ccc(-n2nccn2)c(C(=S)N2CCCN(c3nc4ccccc4o3)CC2)c1.S. The first-order chi connectivity index (χ1) is 14.7. The molecule has 4 aromatic rings. The molecule has 160 valence electrons. The van der Waals surface area contributed by atoms with Gasteiger partial charge in [-0.2, -0.15) is 33.5 Å². The standard InChI is InChI=1S/C22H22N6OS.H2S/c1-16-7-8-19(28-23-9-10-24-28)17(15-16)21(30)26-11-4-12-27(14-13-26)22-25-18-5-2-3-6-20(18)29-22;/h2-3,5-10,15H,4,11-14H2,1H3;1H2. The summed E-state index contributed by atoms with van der Waals surface area (Å²) in [7, 11) is 0. The maximum atomic E-state index is 5.97. The van der Waals surface area contributed by atoms with Crippen molar-refractivity contribution in [1.29, 1.82) is 0 Å². The number of rotatable bonds is 3. The molecule has 1 aliphatic rings. The number of aryl methyl sites for hydroxylation is 1. The number of benzene rings is 2. The van der Waals surface area contributed by atoms with E-state index in [1.165, 1.54) is 0 Å². The fourth-order valence-electron chi connectivity index (χ4n) is 3.81. The van der Waals surface area contributed by atoms with Gasteiger partial charge in [0.05, 0.1) is 18.1 Å². The van der Waals surface area contributed by atoms with Gasteiger partial charge in [0.15, 0.2) is 5.58 Å². The van der Waals surface area contributed by atoms with E-state index in [4.69, 9.17) is 16.6 Å². The predicted octanol–water partition coefficient (Wildman–Crippen LogP) is 3.72. The fourth-order valence-corrected chi connectivity index (χ4v) is 4.16. The van der Waals surface area contributed by atoms with Gasteiger partial charge in [0.1, 0.15) is 10.5 Å². The molecule has 2 aromatic carbocycles. The van der Waals surface area contributed by atoms with Gasteiger partial charge in [-0.05, 0) is 37.6 Å². The molecular weight excluding hydrogens is 428 g/mol. The molecule has 0 saturated carbocycles.